The largest absolute Gasteiger partial charge is 0.401 e. The van der Waals surface area contributed by atoms with Gasteiger partial charge in [0.2, 0.25) is 0 Å². The molecule has 4 atom stereocenters. The number of fused-ring (bicyclic) bond motifs is 1. The quantitative estimate of drug-likeness (QED) is 0.870. The summed E-state index contributed by atoms with van der Waals surface area (Å²) in [6, 6.07) is 6.69. The van der Waals surface area contributed by atoms with Crippen molar-refractivity contribution in [3.63, 3.8) is 0 Å². The molecule has 1 fully saturated rings. The Bertz CT molecular complexity index is 963. The third-order valence-corrected chi connectivity index (χ3v) is 5.99. The number of nitriles is 1. The monoisotopic (exact) mass is 348 g/mol. The molecule has 1 aromatic carbocycles. The van der Waals surface area contributed by atoms with Crippen LogP contribution in [0.2, 0.25) is 0 Å². The first-order valence-corrected chi connectivity index (χ1v) is 9.21. The minimum absolute atomic E-state index is 0.0873. The fourth-order valence-corrected chi connectivity index (χ4v) is 4.33. The van der Waals surface area contributed by atoms with Crippen LogP contribution in [0.1, 0.15) is 54.8 Å². The molecule has 1 saturated carbocycles. The molecule has 0 bridgehead atoms. The standard InChI is InChI=1S/C21H24N4O/c1-12-5-21-17(6-14(12)8-22)19(18-9-24-10-20(23)13(18)2)11-25(21)15-3-4-16(26)7-15/h5-6,9-11,13,15-16,18,26H,3-4,7,23H2,1-2H3/t13?,15-,16+,18?/m1/s1. The van der Waals surface area contributed by atoms with E-state index in [1.165, 1.54) is 0 Å². The topological polar surface area (TPSA) is 87.3 Å². The van der Waals surface area contributed by atoms with Gasteiger partial charge in [-0.3, -0.25) is 4.99 Å². The molecule has 26 heavy (non-hydrogen) atoms. The van der Waals surface area contributed by atoms with Crippen LogP contribution in [0.5, 0.6) is 0 Å². The second kappa shape index (κ2) is 6.30. The predicted octanol–water partition coefficient (Wildman–Crippen LogP) is 3.51. The van der Waals surface area contributed by atoms with E-state index in [1.54, 1.807) is 6.20 Å². The molecule has 1 aliphatic carbocycles. The Morgan fingerprint density at radius 3 is 2.85 bits per heavy atom. The molecule has 2 heterocycles. The van der Waals surface area contributed by atoms with E-state index >= 15 is 0 Å². The van der Waals surface area contributed by atoms with Crippen LogP contribution in [-0.4, -0.2) is 22.0 Å². The first-order chi connectivity index (χ1) is 12.5. The third-order valence-electron chi connectivity index (χ3n) is 5.99. The minimum Gasteiger partial charge on any atom is -0.401 e. The Labute approximate surface area is 153 Å². The highest BCUT2D eigenvalue weighted by atomic mass is 16.3. The molecule has 0 amide bonds. The van der Waals surface area contributed by atoms with E-state index in [0.717, 1.165) is 47.0 Å². The average Bonchev–Trinajstić information content (AvgIpc) is 3.20. The number of nitrogens with two attached hydrogens (primary N) is 1. The molecule has 3 N–H and O–H groups in total. The summed E-state index contributed by atoms with van der Waals surface area (Å²) in [5.74, 6) is 0.247. The van der Waals surface area contributed by atoms with E-state index < -0.39 is 0 Å². The Kier molecular flexibility index (Phi) is 4.08. The van der Waals surface area contributed by atoms with Gasteiger partial charge in [0, 0.05) is 53.1 Å². The summed E-state index contributed by atoms with van der Waals surface area (Å²) < 4.78 is 2.30. The number of aliphatic imine (C=N–C) groups is 1. The summed E-state index contributed by atoms with van der Waals surface area (Å²) in [5, 5.41) is 20.6. The molecule has 1 aliphatic heterocycles. The number of aliphatic hydroxyl groups excluding tert-OH is 1. The number of hydrogen-bond acceptors (Lipinski definition) is 4. The smallest absolute Gasteiger partial charge is 0.0994 e. The lowest BCUT2D eigenvalue weighted by Gasteiger charge is -2.23. The van der Waals surface area contributed by atoms with Crippen molar-refractivity contribution in [2.75, 3.05) is 0 Å². The summed E-state index contributed by atoms with van der Waals surface area (Å²) in [4.78, 5) is 4.33. The van der Waals surface area contributed by atoms with Gasteiger partial charge in [0.25, 0.3) is 0 Å². The Balaban J connectivity index is 1.91. The summed E-state index contributed by atoms with van der Waals surface area (Å²) in [6.07, 6.45) is 8.23. The van der Waals surface area contributed by atoms with Gasteiger partial charge >= 0.3 is 0 Å². The van der Waals surface area contributed by atoms with Gasteiger partial charge in [-0.15, -0.1) is 0 Å². The van der Waals surface area contributed by atoms with Crippen LogP contribution in [-0.2, 0) is 0 Å². The number of rotatable bonds is 2. The summed E-state index contributed by atoms with van der Waals surface area (Å²) in [6.45, 7) is 4.09. The normalized spacial score (nSPS) is 28.3. The highest BCUT2D eigenvalue weighted by Crippen LogP contribution is 2.40. The van der Waals surface area contributed by atoms with Gasteiger partial charge in [-0.1, -0.05) is 6.92 Å². The number of hydrogen-bond donors (Lipinski definition) is 2. The van der Waals surface area contributed by atoms with Crippen LogP contribution in [0.25, 0.3) is 10.9 Å². The minimum atomic E-state index is -0.228. The van der Waals surface area contributed by atoms with Crippen LogP contribution in [0, 0.1) is 24.2 Å². The number of aromatic nitrogens is 1. The SMILES string of the molecule is Cc1cc2c(cc1C#N)c(C1C=NC=C(N)C1C)cn2[C@@H]1CC[C@H](O)C1. The van der Waals surface area contributed by atoms with E-state index in [-0.39, 0.29) is 24.0 Å². The fourth-order valence-electron chi connectivity index (χ4n) is 4.33. The number of aliphatic hydroxyl groups is 1. The van der Waals surface area contributed by atoms with Gasteiger partial charge in [0.05, 0.1) is 17.7 Å². The maximum Gasteiger partial charge on any atom is 0.0994 e. The first-order valence-electron chi connectivity index (χ1n) is 9.21. The zero-order valence-corrected chi connectivity index (χ0v) is 15.2. The highest BCUT2D eigenvalue weighted by Gasteiger charge is 2.30. The molecule has 0 radical (unpaired) electrons. The van der Waals surface area contributed by atoms with Crippen molar-refractivity contribution in [1.29, 1.82) is 5.26 Å². The maximum absolute atomic E-state index is 10.0. The average molecular weight is 348 g/mol. The molecule has 5 nitrogen and oxygen atoms in total. The van der Waals surface area contributed by atoms with Gasteiger partial charge in [0.15, 0.2) is 0 Å². The number of allylic oxidation sites excluding steroid dienone is 1. The van der Waals surface area contributed by atoms with Crippen molar-refractivity contribution < 1.29 is 5.11 Å². The van der Waals surface area contributed by atoms with Gasteiger partial charge < -0.3 is 15.4 Å². The Morgan fingerprint density at radius 2 is 2.15 bits per heavy atom. The lowest BCUT2D eigenvalue weighted by atomic mass is 9.84. The van der Waals surface area contributed by atoms with Gasteiger partial charge in [0.1, 0.15) is 0 Å². The second-order valence-corrected chi connectivity index (χ2v) is 7.65. The van der Waals surface area contributed by atoms with Crippen LogP contribution in [0.4, 0.5) is 0 Å². The van der Waals surface area contributed by atoms with Crippen molar-refractivity contribution in [1.82, 2.24) is 4.57 Å². The van der Waals surface area contributed by atoms with Crippen LogP contribution < -0.4 is 5.73 Å². The fraction of sp³-hybridized carbons (Fsp3) is 0.429. The molecule has 2 aromatic rings. The van der Waals surface area contributed by atoms with Gasteiger partial charge in [-0.05, 0) is 49.4 Å². The predicted molar refractivity (Wildman–Crippen MR) is 103 cm³/mol. The van der Waals surface area contributed by atoms with Crippen molar-refractivity contribution in [3.05, 3.63) is 46.9 Å². The zero-order valence-electron chi connectivity index (χ0n) is 15.2. The highest BCUT2D eigenvalue weighted by molar-refractivity contribution is 5.90. The van der Waals surface area contributed by atoms with E-state index in [1.807, 2.05) is 19.2 Å². The van der Waals surface area contributed by atoms with E-state index in [4.69, 9.17) is 5.73 Å². The van der Waals surface area contributed by atoms with Crippen molar-refractivity contribution in [2.24, 2.45) is 16.6 Å². The lowest BCUT2D eigenvalue weighted by molar-refractivity contribution is 0.178. The first kappa shape index (κ1) is 16.9. The molecule has 0 spiro atoms. The summed E-state index contributed by atoms with van der Waals surface area (Å²) in [7, 11) is 0. The molecule has 4 rings (SSSR count). The Morgan fingerprint density at radius 1 is 1.35 bits per heavy atom. The summed E-state index contributed by atoms with van der Waals surface area (Å²) in [5.41, 5.74) is 10.9. The van der Waals surface area contributed by atoms with Gasteiger partial charge in [-0.2, -0.15) is 5.26 Å². The maximum atomic E-state index is 10.0. The van der Waals surface area contributed by atoms with Crippen LogP contribution in [0.3, 0.4) is 0 Å². The lowest BCUT2D eigenvalue weighted by Crippen LogP contribution is -2.21. The van der Waals surface area contributed by atoms with E-state index in [0.29, 0.717) is 5.56 Å². The van der Waals surface area contributed by atoms with E-state index in [2.05, 4.69) is 34.8 Å². The van der Waals surface area contributed by atoms with Crippen molar-refractivity contribution >= 4 is 17.1 Å². The molecular weight excluding hydrogens is 324 g/mol. The molecule has 2 unspecified atom stereocenters. The van der Waals surface area contributed by atoms with Crippen molar-refractivity contribution in [3.8, 4) is 6.07 Å². The number of aryl methyl sites for hydroxylation is 1. The molecular formula is C21H24N4O. The zero-order chi connectivity index (χ0) is 18.4. The molecule has 1 aromatic heterocycles. The molecule has 2 aliphatic rings. The summed E-state index contributed by atoms with van der Waals surface area (Å²) >= 11 is 0. The second-order valence-electron chi connectivity index (χ2n) is 7.65. The number of nitrogens with zero attached hydrogens (tertiary/aromatic N) is 3. The molecule has 0 saturated heterocycles. The molecule has 5 heteroatoms. The Hall–Kier alpha value is -2.58. The van der Waals surface area contributed by atoms with Crippen LogP contribution >= 0.6 is 0 Å². The third kappa shape index (κ3) is 2.62. The number of benzene rings is 1. The van der Waals surface area contributed by atoms with E-state index in [9.17, 15) is 10.4 Å². The van der Waals surface area contributed by atoms with Crippen LogP contribution in [0.15, 0.2) is 35.2 Å². The molecule has 134 valence electrons. The van der Waals surface area contributed by atoms with Gasteiger partial charge in [-0.25, -0.2) is 0 Å². The van der Waals surface area contributed by atoms with Crippen molar-refractivity contribution in [2.45, 2.75) is 51.2 Å².